The van der Waals surface area contributed by atoms with Crippen LogP contribution >= 0.6 is 23.2 Å². The van der Waals surface area contributed by atoms with Crippen LogP contribution in [-0.2, 0) is 5.41 Å². The zero-order valence-corrected chi connectivity index (χ0v) is 13.5. The maximum atomic E-state index is 6.14. The molecule has 0 fully saturated rings. The molecule has 2 heterocycles. The largest absolute Gasteiger partial charge is 0.453 e. The van der Waals surface area contributed by atoms with Crippen LogP contribution in [0, 0.1) is 0 Å². The van der Waals surface area contributed by atoms with Crippen molar-refractivity contribution >= 4 is 34.2 Å². The first-order valence-corrected chi connectivity index (χ1v) is 7.34. The van der Waals surface area contributed by atoms with Gasteiger partial charge in [0, 0.05) is 16.9 Å². The summed E-state index contributed by atoms with van der Waals surface area (Å²) in [6.45, 7) is 6.12. The fourth-order valence-corrected chi connectivity index (χ4v) is 2.44. The van der Waals surface area contributed by atoms with Gasteiger partial charge >= 0.3 is 0 Å². The molecule has 3 aromatic rings. The molecule has 1 aromatic carbocycles. The summed E-state index contributed by atoms with van der Waals surface area (Å²) in [6, 6.07) is 9.23. The summed E-state index contributed by atoms with van der Waals surface area (Å²) in [5.41, 5.74) is 1.12. The van der Waals surface area contributed by atoms with Gasteiger partial charge in [0.15, 0.2) is 11.3 Å². The molecule has 2 aromatic heterocycles. The molecule has 0 saturated carbocycles. The predicted octanol–water partition coefficient (Wildman–Crippen LogP) is 5.49. The first-order valence-electron chi connectivity index (χ1n) is 6.58. The highest BCUT2D eigenvalue weighted by Gasteiger charge is 2.20. The number of benzene rings is 1. The quantitative estimate of drug-likeness (QED) is 0.556. The number of nitrogens with zero attached hydrogens (tertiary/aromatic N) is 2. The number of rotatable bonds is 1. The SMILES string of the molecule is CC(C)(C)c1nc(Cl)cc(-c2cc3cccc(Cl)c3o2)n1. The second-order valence-electron chi connectivity index (χ2n) is 5.92. The summed E-state index contributed by atoms with van der Waals surface area (Å²) in [6.07, 6.45) is 0. The molecule has 0 atom stereocenters. The number of fused-ring (bicyclic) bond motifs is 1. The van der Waals surface area contributed by atoms with E-state index in [4.69, 9.17) is 27.6 Å². The van der Waals surface area contributed by atoms with Crippen LogP contribution in [0.3, 0.4) is 0 Å². The summed E-state index contributed by atoms with van der Waals surface area (Å²) >= 11 is 12.3. The van der Waals surface area contributed by atoms with Crippen molar-refractivity contribution in [2.45, 2.75) is 26.2 Å². The lowest BCUT2D eigenvalue weighted by atomic mass is 9.95. The lowest BCUT2D eigenvalue weighted by Crippen LogP contribution is -2.16. The number of furan rings is 1. The number of hydrogen-bond acceptors (Lipinski definition) is 3. The van der Waals surface area contributed by atoms with E-state index in [0.29, 0.717) is 33.0 Å². The molecule has 0 aliphatic rings. The van der Waals surface area contributed by atoms with Crippen molar-refractivity contribution in [3.05, 3.63) is 46.3 Å². The lowest BCUT2D eigenvalue weighted by Gasteiger charge is -2.16. The molecule has 0 aliphatic carbocycles. The van der Waals surface area contributed by atoms with Crippen molar-refractivity contribution in [3.63, 3.8) is 0 Å². The Kier molecular flexibility index (Phi) is 3.42. The molecule has 0 bridgehead atoms. The monoisotopic (exact) mass is 320 g/mol. The fraction of sp³-hybridized carbons (Fsp3) is 0.250. The predicted molar refractivity (Wildman–Crippen MR) is 86.0 cm³/mol. The minimum absolute atomic E-state index is 0.191. The number of halogens is 2. The number of para-hydroxylation sites is 1. The van der Waals surface area contributed by atoms with Crippen LogP contribution in [0.1, 0.15) is 26.6 Å². The third-order valence-electron chi connectivity index (χ3n) is 3.11. The van der Waals surface area contributed by atoms with Gasteiger partial charge in [0.2, 0.25) is 0 Å². The lowest BCUT2D eigenvalue weighted by molar-refractivity contribution is 0.543. The Bertz CT molecular complexity index is 819. The van der Waals surface area contributed by atoms with Gasteiger partial charge in [-0.15, -0.1) is 0 Å². The molecule has 5 heteroatoms. The minimum Gasteiger partial charge on any atom is -0.453 e. The van der Waals surface area contributed by atoms with Gasteiger partial charge in [-0.3, -0.25) is 0 Å². The first-order chi connectivity index (χ1) is 9.84. The summed E-state index contributed by atoms with van der Waals surface area (Å²) in [5, 5.41) is 1.91. The van der Waals surface area contributed by atoms with Crippen LogP contribution in [0.15, 0.2) is 34.7 Å². The Morgan fingerprint density at radius 3 is 2.48 bits per heavy atom. The number of aromatic nitrogens is 2. The van der Waals surface area contributed by atoms with E-state index in [1.165, 1.54) is 0 Å². The van der Waals surface area contributed by atoms with Gasteiger partial charge in [-0.25, -0.2) is 9.97 Å². The van der Waals surface area contributed by atoms with Gasteiger partial charge in [-0.2, -0.15) is 0 Å². The highest BCUT2D eigenvalue weighted by molar-refractivity contribution is 6.34. The normalized spacial score (nSPS) is 12.0. The van der Waals surface area contributed by atoms with Crippen molar-refractivity contribution in [2.24, 2.45) is 0 Å². The third-order valence-corrected chi connectivity index (χ3v) is 3.61. The zero-order chi connectivity index (χ0) is 15.2. The molecule has 0 radical (unpaired) electrons. The summed E-state index contributed by atoms with van der Waals surface area (Å²) < 4.78 is 5.83. The van der Waals surface area contributed by atoms with Crippen LogP contribution < -0.4 is 0 Å². The van der Waals surface area contributed by atoms with E-state index >= 15 is 0 Å². The second-order valence-corrected chi connectivity index (χ2v) is 6.71. The molecule has 0 N–H and O–H groups in total. The van der Waals surface area contributed by atoms with E-state index in [-0.39, 0.29) is 5.41 Å². The molecule has 0 aliphatic heterocycles. The Morgan fingerprint density at radius 2 is 1.81 bits per heavy atom. The molecule has 0 amide bonds. The van der Waals surface area contributed by atoms with E-state index in [0.717, 1.165) is 5.39 Å². The summed E-state index contributed by atoms with van der Waals surface area (Å²) in [5.74, 6) is 1.31. The van der Waals surface area contributed by atoms with Gasteiger partial charge < -0.3 is 4.42 Å². The third kappa shape index (κ3) is 2.76. The minimum atomic E-state index is -0.191. The smallest absolute Gasteiger partial charge is 0.154 e. The standard InChI is InChI=1S/C16H14Cl2N2O/c1-16(2,3)15-19-11(8-13(18)20-15)12-7-9-5-4-6-10(17)14(9)21-12/h4-8H,1-3H3. The van der Waals surface area contributed by atoms with Gasteiger partial charge in [-0.05, 0) is 12.1 Å². The highest BCUT2D eigenvalue weighted by Crippen LogP contribution is 2.32. The van der Waals surface area contributed by atoms with Crippen molar-refractivity contribution in [1.29, 1.82) is 0 Å². The van der Waals surface area contributed by atoms with Gasteiger partial charge in [0.25, 0.3) is 0 Å². The molecule has 0 saturated heterocycles. The van der Waals surface area contributed by atoms with Crippen molar-refractivity contribution < 1.29 is 4.42 Å². The van der Waals surface area contributed by atoms with Crippen LogP contribution in [0.4, 0.5) is 0 Å². The molecule has 108 valence electrons. The Morgan fingerprint density at radius 1 is 1.05 bits per heavy atom. The Hall–Kier alpha value is -1.58. The van der Waals surface area contributed by atoms with E-state index in [1.807, 2.05) is 39.0 Å². The molecule has 3 nitrogen and oxygen atoms in total. The second kappa shape index (κ2) is 5.00. The zero-order valence-electron chi connectivity index (χ0n) is 11.9. The van der Waals surface area contributed by atoms with Crippen LogP contribution in [-0.4, -0.2) is 9.97 Å². The Balaban J connectivity index is 2.18. The molecule has 21 heavy (non-hydrogen) atoms. The Labute approximate surface area is 132 Å². The molecule has 0 spiro atoms. The van der Waals surface area contributed by atoms with Gasteiger partial charge in [0.1, 0.15) is 16.7 Å². The van der Waals surface area contributed by atoms with Crippen LogP contribution in [0.2, 0.25) is 10.2 Å². The highest BCUT2D eigenvalue weighted by atomic mass is 35.5. The van der Waals surface area contributed by atoms with E-state index in [9.17, 15) is 0 Å². The molecule has 0 unspecified atom stereocenters. The summed E-state index contributed by atoms with van der Waals surface area (Å²) in [7, 11) is 0. The molecular weight excluding hydrogens is 307 g/mol. The summed E-state index contributed by atoms with van der Waals surface area (Å²) in [4.78, 5) is 8.86. The van der Waals surface area contributed by atoms with E-state index in [2.05, 4.69) is 9.97 Å². The van der Waals surface area contributed by atoms with Crippen LogP contribution in [0.5, 0.6) is 0 Å². The van der Waals surface area contributed by atoms with Crippen molar-refractivity contribution in [2.75, 3.05) is 0 Å². The van der Waals surface area contributed by atoms with Crippen LogP contribution in [0.25, 0.3) is 22.4 Å². The maximum absolute atomic E-state index is 6.14. The van der Waals surface area contributed by atoms with E-state index < -0.39 is 0 Å². The average molecular weight is 321 g/mol. The molecule has 3 rings (SSSR count). The molecular formula is C16H14Cl2N2O. The van der Waals surface area contributed by atoms with Gasteiger partial charge in [0.05, 0.1) is 5.02 Å². The van der Waals surface area contributed by atoms with Gasteiger partial charge in [-0.1, -0.05) is 56.1 Å². The number of hydrogen-bond donors (Lipinski definition) is 0. The topological polar surface area (TPSA) is 38.9 Å². The van der Waals surface area contributed by atoms with Crippen molar-refractivity contribution in [3.8, 4) is 11.5 Å². The van der Waals surface area contributed by atoms with Crippen molar-refractivity contribution in [1.82, 2.24) is 9.97 Å². The first kappa shape index (κ1) is 14.4. The van der Waals surface area contributed by atoms with E-state index in [1.54, 1.807) is 12.1 Å². The average Bonchev–Trinajstić information content (AvgIpc) is 2.82. The fourth-order valence-electron chi connectivity index (χ4n) is 2.03. The maximum Gasteiger partial charge on any atom is 0.154 e.